The number of nitrogens with one attached hydrogen (secondary N) is 1. The van der Waals surface area contributed by atoms with Gasteiger partial charge < -0.3 is 10.1 Å². The molecule has 0 aliphatic carbocycles. The van der Waals surface area contributed by atoms with Gasteiger partial charge in [0.25, 0.3) is 11.5 Å². The van der Waals surface area contributed by atoms with E-state index in [2.05, 4.69) is 31.3 Å². The maximum absolute atomic E-state index is 13.2. The van der Waals surface area contributed by atoms with Crippen LogP contribution in [0.5, 0.6) is 5.75 Å². The second-order valence-electron chi connectivity index (χ2n) is 8.58. The van der Waals surface area contributed by atoms with Crippen LogP contribution in [0.3, 0.4) is 0 Å². The van der Waals surface area contributed by atoms with E-state index in [-0.39, 0.29) is 18.1 Å². The maximum atomic E-state index is 13.2. The first-order valence-electron chi connectivity index (χ1n) is 11.6. The normalized spacial score (nSPS) is 11.3. The van der Waals surface area contributed by atoms with Crippen molar-refractivity contribution >= 4 is 55.4 Å². The molecule has 4 aromatic carbocycles. The van der Waals surface area contributed by atoms with Crippen molar-refractivity contribution in [3.05, 3.63) is 111 Å². The Morgan fingerprint density at radius 2 is 1.81 bits per heavy atom. The number of hydrogen-bond acceptors (Lipinski definition) is 5. The van der Waals surface area contributed by atoms with Crippen molar-refractivity contribution in [2.24, 2.45) is 5.10 Å². The lowest BCUT2D eigenvalue weighted by Gasteiger charge is -2.12. The monoisotopic (exact) mass is 554 g/mol. The second kappa shape index (κ2) is 10.4. The Morgan fingerprint density at radius 3 is 2.62 bits per heavy atom. The highest BCUT2D eigenvalue weighted by molar-refractivity contribution is 9.10. The van der Waals surface area contributed by atoms with Crippen LogP contribution < -0.4 is 15.6 Å². The van der Waals surface area contributed by atoms with Crippen molar-refractivity contribution in [2.75, 3.05) is 11.9 Å². The Labute approximate surface area is 221 Å². The molecule has 184 valence electrons. The lowest BCUT2D eigenvalue weighted by Crippen LogP contribution is -2.21. The summed E-state index contributed by atoms with van der Waals surface area (Å²) in [7, 11) is 0. The molecule has 37 heavy (non-hydrogen) atoms. The first-order valence-corrected chi connectivity index (χ1v) is 12.4. The number of rotatable bonds is 6. The minimum Gasteiger partial charge on any atom is -0.483 e. The van der Waals surface area contributed by atoms with E-state index < -0.39 is 0 Å². The molecule has 0 aliphatic heterocycles. The van der Waals surface area contributed by atoms with Crippen molar-refractivity contribution in [2.45, 2.75) is 13.8 Å². The van der Waals surface area contributed by atoms with Crippen molar-refractivity contribution in [1.29, 1.82) is 0 Å². The molecule has 0 saturated heterocycles. The standard InChI is InChI=1S/C29H23BrN4O3/c1-18-7-11-22(12-8-18)33-28(35)17-37-27-14-9-20-5-3-4-6-23(20)25(27)16-31-34-19(2)32-26-13-10-21(30)15-24(26)29(34)36/h3-16H,17H2,1-2H3,(H,33,35). The van der Waals surface area contributed by atoms with Gasteiger partial charge >= 0.3 is 0 Å². The van der Waals surface area contributed by atoms with Crippen LogP contribution in [-0.2, 0) is 4.79 Å². The van der Waals surface area contributed by atoms with Gasteiger partial charge in [-0.3, -0.25) is 9.59 Å². The number of benzene rings is 4. The average Bonchev–Trinajstić information content (AvgIpc) is 2.89. The second-order valence-corrected chi connectivity index (χ2v) is 9.50. The molecule has 0 radical (unpaired) electrons. The van der Waals surface area contributed by atoms with E-state index in [9.17, 15) is 9.59 Å². The number of ether oxygens (including phenoxy) is 1. The van der Waals surface area contributed by atoms with Gasteiger partial charge in [0.05, 0.1) is 17.1 Å². The van der Waals surface area contributed by atoms with Gasteiger partial charge in [-0.15, -0.1) is 0 Å². The van der Waals surface area contributed by atoms with E-state index in [0.29, 0.717) is 33.7 Å². The van der Waals surface area contributed by atoms with E-state index in [1.807, 2.05) is 67.6 Å². The first-order chi connectivity index (χ1) is 17.9. The number of aromatic nitrogens is 2. The topological polar surface area (TPSA) is 85.6 Å². The van der Waals surface area contributed by atoms with Gasteiger partial charge in [0, 0.05) is 15.7 Å². The van der Waals surface area contributed by atoms with E-state index in [4.69, 9.17) is 4.74 Å². The van der Waals surface area contributed by atoms with Crippen molar-refractivity contribution in [3.8, 4) is 5.75 Å². The zero-order valence-electron chi connectivity index (χ0n) is 20.2. The largest absolute Gasteiger partial charge is 0.483 e. The Balaban J connectivity index is 1.48. The molecule has 0 aliphatic rings. The van der Waals surface area contributed by atoms with Gasteiger partial charge in [0.1, 0.15) is 11.6 Å². The fourth-order valence-corrected chi connectivity index (χ4v) is 4.38. The molecule has 0 saturated carbocycles. The summed E-state index contributed by atoms with van der Waals surface area (Å²) in [6.45, 7) is 3.54. The molecule has 0 bridgehead atoms. The Kier molecular flexibility index (Phi) is 6.83. The molecule has 0 atom stereocenters. The highest BCUT2D eigenvalue weighted by Crippen LogP contribution is 2.27. The summed E-state index contributed by atoms with van der Waals surface area (Å²) < 4.78 is 7.98. The van der Waals surface area contributed by atoms with Crippen LogP contribution in [-0.4, -0.2) is 28.4 Å². The number of fused-ring (bicyclic) bond motifs is 2. The van der Waals surface area contributed by atoms with Gasteiger partial charge in [0.15, 0.2) is 6.61 Å². The molecule has 8 heteroatoms. The molecule has 1 heterocycles. The maximum Gasteiger partial charge on any atom is 0.282 e. The van der Waals surface area contributed by atoms with E-state index in [1.54, 1.807) is 31.3 Å². The number of halogens is 1. The minimum absolute atomic E-state index is 0.183. The van der Waals surface area contributed by atoms with Crippen LogP contribution in [0.15, 0.2) is 93.2 Å². The average molecular weight is 555 g/mol. The zero-order chi connectivity index (χ0) is 25.9. The van der Waals surface area contributed by atoms with Crippen LogP contribution in [0.1, 0.15) is 17.0 Å². The smallest absolute Gasteiger partial charge is 0.282 e. The van der Waals surface area contributed by atoms with Gasteiger partial charge in [-0.05, 0) is 61.0 Å². The molecule has 1 aromatic heterocycles. The van der Waals surface area contributed by atoms with E-state index >= 15 is 0 Å². The summed E-state index contributed by atoms with van der Waals surface area (Å²) >= 11 is 3.41. The van der Waals surface area contributed by atoms with Crippen LogP contribution in [0.4, 0.5) is 5.69 Å². The van der Waals surface area contributed by atoms with Crippen molar-refractivity contribution in [1.82, 2.24) is 9.66 Å². The lowest BCUT2D eigenvalue weighted by atomic mass is 10.0. The van der Waals surface area contributed by atoms with Crippen LogP contribution in [0, 0.1) is 13.8 Å². The van der Waals surface area contributed by atoms with E-state index in [0.717, 1.165) is 20.8 Å². The molecule has 7 nitrogen and oxygen atoms in total. The molecule has 5 rings (SSSR count). The highest BCUT2D eigenvalue weighted by Gasteiger charge is 2.12. The summed E-state index contributed by atoms with van der Waals surface area (Å²) in [5.41, 5.74) is 2.79. The third kappa shape index (κ3) is 5.29. The third-order valence-corrected chi connectivity index (χ3v) is 6.39. The van der Waals surface area contributed by atoms with Crippen LogP contribution in [0.25, 0.3) is 21.7 Å². The highest BCUT2D eigenvalue weighted by atomic mass is 79.9. The van der Waals surface area contributed by atoms with Crippen molar-refractivity contribution < 1.29 is 9.53 Å². The quantitative estimate of drug-likeness (QED) is 0.267. The number of anilines is 1. The lowest BCUT2D eigenvalue weighted by molar-refractivity contribution is -0.118. The summed E-state index contributed by atoms with van der Waals surface area (Å²) in [5, 5.41) is 9.64. The predicted molar refractivity (Wildman–Crippen MR) is 151 cm³/mol. The summed E-state index contributed by atoms with van der Waals surface area (Å²) in [4.78, 5) is 30.2. The fraction of sp³-hybridized carbons (Fsp3) is 0.103. The Morgan fingerprint density at radius 1 is 1.03 bits per heavy atom. The Bertz CT molecular complexity index is 1730. The number of hydrogen-bond donors (Lipinski definition) is 1. The molecule has 5 aromatic rings. The van der Waals surface area contributed by atoms with Gasteiger partial charge in [-0.25, -0.2) is 4.98 Å². The van der Waals surface area contributed by atoms with E-state index in [1.165, 1.54) is 4.68 Å². The third-order valence-electron chi connectivity index (χ3n) is 5.90. The number of aryl methyl sites for hydroxylation is 2. The van der Waals surface area contributed by atoms with Crippen LogP contribution >= 0.6 is 15.9 Å². The molecule has 1 amide bonds. The van der Waals surface area contributed by atoms with Gasteiger partial charge in [-0.2, -0.15) is 9.78 Å². The summed E-state index contributed by atoms with van der Waals surface area (Å²) in [6, 6.07) is 24.4. The molecular weight excluding hydrogens is 532 g/mol. The number of amides is 1. The molecule has 0 fully saturated rings. The number of carbonyl (C=O) groups is 1. The number of carbonyl (C=O) groups excluding carboxylic acids is 1. The SMILES string of the molecule is Cc1ccc(NC(=O)COc2ccc3ccccc3c2C=Nn2c(C)nc3ccc(Br)cc3c2=O)cc1. The van der Waals surface area contributed by atoms with Crippen molar-refractivity contribution in [3.63, 3.8) is 0 Å². The van der Waals surface area contributed by atoms with Crippen LogP contribution in [0.2, 0.25) is 0 Å². The number of nitrogens with zero attached hydrogens (tertiary/aromatic N) is 3. The molecular formula is C29H23BrN4O3. The Hall–Kier alpha value is -4.30. The molecule has 1 N–H and O–H groups in total. The first kappa shape index (κ1) is 24.4. The summed E-state index contributed by atoms with van der Waals surface area (Å²) in [5.74, 6) is 0.649. The predicted octanol–water partition coefficient (Wildman–Crippen LogP) is 5.83. The fourth-order valence-electron chi connectivity index (χ4n) is 4.02. The van der Waals surface area contributed by atoms with Gasteiger partial charge in [-0.1, -0.05) is 64.0 Å². The summed E-state index contributed by atoms with van der Waals surface area (Å²) in [6.07, 6.45) is 1.58. The zero-order valence-corrected chi connectivity index (χ0v) is 21.8. The van der Waals surface area contributed by atoms with Gasteiger partial charge in [0.2, 0.25) is 0 Å². The minimum atomic E-state index is -0.281. The molecule has 0 unspecified atom stereocenters. The molecule has 0 spiro atoms.